The van der Waals surface area contributed by atoms with Gasteiger partial charge in [-0.3, -0.25) is 0 Å². The second kappa shape index (κ2) is 7.36. The molecule has 0 aliphatic rings. The van der Waals surface area contributed by atoms with Gasteiger partial charge in [0.25, 0.3) is 0 Å². The van der Waals surface area contributed by atoms with Crippen LogP contribution < -0.4 is 21.1 Å². The summed E-state index contributed by atoms with van der Waals surface area (Å²) < 4.78 is 54.1. The SMILES string of the molecule is Nc1c(Nc2ccc(OC(F)(F)F)cc2)ncnc1Nc1ccccc1F. The molecule has 0 unspecified atom stereocenters. The Balaban J connectivity index is 1.77. The third-order valence-corrected chi connectivity index (χ3v) is 3.36. The standard InChI is InChI=1S/C17H13F4N5O/c18-12-3-1-2-4-13(12)26-16-14(22)15(23-9-24-16)25-10-5-7-11(8-6-10)27-17(19,20)21/h1-9H,22H2,(H2,23,24,25,26). The van der Waals surface area contributed by atoms with Crippen LogP contribution in [0.1, 0.15) is 0 Å². The number of alkyl halides is 3. The van der Waals surface area contributed by atoms with E-state index in [-0.39, 0.29) is 28.8 Å². The summed E-state index contributed by atoms with van der Waals surface area (Å²) in [6.07, 6.45) is -3.55. The topological polar surface area (TPSA) is 85.1 Å². The van der Waals surface area contributed by atoms with Crippen LogP contribution in [0, 0.1) is 5.82 Å². The minimum atomic E-state index is -4.76. The molecular formula is C17H13F4N5O. The van der Waals surface area contributed by atoms with E-state index in [2.05, 4.69) is 25.3 Å². The molecule has 0 bridgehead atoms. The normalized spacial score (nSPS) is 11.1. The maximum Gasteiger partial charge on any atom is 0.573 e. The molecule has 0 spiro atoms. The van der Waals surface area contributed by atoms with Crippen LogP contribution in [0.25, 0.3) is 0 Å². The molecule has 0 amide bonds. The van der Waals surface area contributed by atoms with Crippen LogP contribution in [0.5, 0.6) is 5.75 Å². The molecule has 10 heteroatoms. The van der Waals surface area contributed by atoms with Crippen LogP contribution in [0.2, 0.25) is 0 Å². The van der Waals surface area contributed by atoms with Crippen molar-refractivity contribution in [1.82, 2.24) is 9.97 Å². The van der Waals surface area contributed by atoms with Gasteiger partial charge in [0.05, 0.1) is 5.69 Å². The molecular weight excluding hydrogens is 366 g/mol. The molecule has 2 aromatic carbocycles. The van der Waals surface area contributed by atoms with Crippen molar-refractivity contribution in [1.29, 1.82) is 0 Å². The summed E-state index contributed by atoms with van der Waals surface area (Å²) in [6, 6.07) is 11.0. The molecule has 0 saturated carbocycles. The molecule has 0 aliphatic heterocycles. The number of nitrogens with two attached hydrogens (primary N) is 1. The van der Waals surface area contributed by atoms with Gasteiger partial charge in [0.15, 0.2) is 11.6 Å². The highest BCUT2D eigenvalue weighted by Crippen LogP contribution is 2.30. The fraction of sp³-hybridized carbons (Fsp3) is 0.0588. The maximum atomic E-state index is 13.8. The molecule has 0 atom stereocenters. The van der Waals surface area contributed by atoms with Crippen LogP contribution in [0.15, 0.2) is 54.9 Å². The monoisotopic (exact) mass is 379 g/mol. The van der Waals surface area contributed by atoms with Gasteiger partial charge < -0.3 is 21.1 Å². The number of rotatable bonds is 5. The van der Waals surface area contributed by atoms with Gasteiger partial charge in [0, 0.05) is 5.69 Å². The lowest BCUT2D eigenvalue weighted by molar-refractivity contribution is -0.274. The largest absolute Gasteiger partial charge is 0.573 e. The third kappa shape index (κ3) is 4.75. The molecule has 4 N–H and O–H groups in total. The predicted octanol–water partition coefficient (Wildman–Crippen LogP) is 4.58. The van der Waals surface area contributed by atoms with Gasteiger partial charge in [-0.05, 0) is 36.4 Å². The van der Waals surface area contributed by atoms with Crippen molar-refractivity contribution in [3.8, 4) is 5.75 Å². The first-order valence-electron chi connectivity index (χ1n) is 7.57. The Kier molecular flexibility index (Phi) is 4.97. The first-order chi connectivity index (χ1) is 12.8. The smallest absolute Gasteiger partial charge is 0.406 e. The van der Waals surface area contributed by atoms with Crippen molar-refractivity contribution in [3.05, 3.63) is 60.7 Å². The molecule has 140 valence electrons. The summed E-state index contributed by atoms with van der Waals surface area (Å²) in [5.41, 5.74) is 6.71. The summed E-state index contributed by atoms with van der Waals surface area (Å²) in [7, 11) is 0. The van der Waals surface area contributed by atoms with Crippen LogP contribution >= 0.6 is 0 Å². The van der Waals surface area contributed by atoms with Gasteiger partial charge in [-0.1, -0.05) is 12.1 Å². The summed E-state index contributed by atoms with van der Waals surface area (Å²) in [4.78, 5) is 7.96. The molecule has 0 radical (unpaired) electrons. The van der Waals surface area contributed by atoms with Crippen molar-refractivity contribution >= 4 is 28.7 Å². The Bertz CT molecular complexity index is 931. The molecule has 1 heterocycles. The first kappa shape index (κ1) is 18.2. The lowest BCUT2D eigenvalue weighted by atomic mass is 10.3. The molecule has 27 heavy (non-hydrogen) atoms. The van der Waals surface area contributed by atoms with Crippen molar-refractivity contribution in [2.75, 3.05) is 16.4 Å². The van der Waals surface area contributed by atoms with E-state index in [1.807, 2.05) is 0 Å². The lowest BCUT2D eigenvalue weighted by Crippen LogP contribution is -2.17. The number of nitrogen functional groups attached to an aromatic ring is 1. The van der Waals surface area contributed by atoms with Crippen molar-refractivity contribution in [2.24, 2.45) is 0 Å². The Morgan fingerprint density at radius 3 is 2.15 bits per heavy atom. The lowest BCUT2D eigenvalue weighted by Gasteiger charge is -2.13. The Hall–Kier alpha value is -3.56. The number of hydrogen-bond acceptors (Lipinski definition) is 6. The van der Waals surface area contributed by atoms with Gasteiger partial charge in [0.1, 0.15) is 23.6 Å². The number of hydrogen-bond donors (Lipinski definition) is 3. The van der Waals surface area contributed by atoms with E-state index in [0.717, 1.165) is 12.1 Å². The van der Waals surface area contributed by atoms with Crippen LogP contribution in [-0.2, 0) is 0 Å². The number of aromatic nitrogens is 2. The van der Waals surface area contributed by atoms with Gasteiger partial charge in [-0.25, -0.2) is 14.4 Å². The zero-order chi connectivity index (χ0) is 19.4. The number of ether oxygens (including phenoxy) is 1. The molecule has 6 nitrogen and oxygen atoms in total. The summed E-state index contributed by atoms with van der Waals surface area (Å²) in [5.74, 6) is -0.459. The van der Waals surface area contributed by atoms with E-state index >= 15 is 0 Å². The van der Waals surface area contributed by atoms with Crippen molar-refractivity contribution in [3.63, 3.8) is 0 Å². The molecule has 0 fully saturated rings. The van der Waals surface area contributed by atoms with Crippen molar-refractivity contribution in [2.45, 2.75) is 6.36 Å². The first-order valence-corrected chi connectivity index (χ1v) is 7.57. The maximum absolute atomic E-state index is 13.8. The number of anilines is 5. The highest BCUT2D eigenvalue weighted by Gasteiger charge is 2.30. The Labute approximate surface area is 151 Å². The predicted molar refractivity (Wildman–Crippen MR) is 92.5 cm³/mol. The number of nitrogens with one attached hydrogen (secondary N) is 2. The van der Waals surface area contributed by atoms with Crippen LogP contribution in [0.3, 0.4) is 0 Å². The van der Waals surface area contributed by atoms with Gasteiger partial charge >= 0.3 is 6.36 Å². The van der Waals surface area contributed by atoms with E-state index in [9.17, 15) is 17.6 Å². The summed E-state index contributed by atoms with van der Waals surface area (Å²) >= 11 is 0. The average Bonchev–Trinajstić information content (AvgIpc) is 2.61. The molecule has 0 saturated heterocycles. The molecule has 3 rings (SSSR count). The Morgan fingerprint density at radius 2 is 1.52 bits per heavy atom. The Morgan fingerprint density at radius 1 is 0.889 bits per heavy atom. The highest BCUT2D eigenvalue weighted by atomic mass is 19.4. The second-order valence-electron chi connectivity index (χ2n) is 5.29. The van der Waals surface area contributed by atoms with E-state index in [0.29, 0.717) is 5.69 Å². The van der Waals surface area contributed by atoms with Gasteiger partial charge in [-0.2, -0.15) is 0 Å². The minimum absolute atomic E-state index is 0.108. The molecule has 1 aromatic heterocycles. The van der Waals surface area contributed by atoms with E-state index < -0.39 is 12.2 Å². The van der Waals surface area contributed by atoms with Crippen LogP contribution in [0.4, 0.5) is 46.3 Å². The third-order valence-electron chi connectivity index (χ3n) is 3.36. The highest BCUT2D eigenvalue weighted by molar-refractivity contribution is 5.80. The number of benzene rings is 2. The summed E-state index contributed by atoms with van der Waals surface area (Å²) in [6.45, 7) is 0. The van der Waals surface area contributed by atoms with Crippen molar-refractivity contribution < 1.29 is 22.3 Å². The van der Waals surface area contributed by atoms with Gasteiger partial charge in [0.2, 0.25) is 0 Å². The number of para-hydroxylation sites is 1. The minimum Gasteiger partial charge on any atom is -0.406 e. The zero-order valence-corrected chi connectivity index (χ0v) is 13.6. The van der Waals surface area contributed by atoms with Gasteiger partial charge in [-0.15, -0.1) is 13.2 Å². The number of nitrogens with zero attached hydrogens (tertiary/aromatic N) is 2. The van der Waals surface area contributed by atoms with E-state index in [1.165, 1.54) is 30.6 Å². The second-order valence-corrected chi connectivity index (χ2v) is 5.29. The summed E-state index contributed by atoms with van der Waals surface area (Å²) in [5, 5.41) is 5.62. The molecule has 0 aliphatic carbocycles. The average molecular weight is 379 g/mol. The number of halogens is 4. The fourth-order valence-electron chi connectivity index (χ4n) is 2.16. The van der Waals surface area contributed by atoms with Crippen LogP contribution in [-0.4, -0.2) is 16.3 Å². The zero-order valence-electron chi connectivity index (χ0n) is 13.6. The van der Waals surface area contributed by atoms with E-state index in [1.54, 1.807) is 12.1 Å². The fourth-order valence-corrected chi connectivity index (χ4v) is 2.16. The molecule has 3 aromatic rings. The van der Waals surface area contributed by atoms with E-state index in [4.69, 9.17) is 5.73 Å². The quantitative estimate of drug-likeness (QED) is 0.563.